The largest absolute Gasteiger partial charge is 0.489 e. The first kappa shape index (κ1) is 17.8. The zero-order valence-electron chi connectivity index (χ0n) is 14.2. The van der Waals surface area contributed by atoms with Gasteiger partial charge < -0.3 is 15.4 Å². The van der Waals surface area contributed by atoms with E-state index in [-0.39, 0.29) is 0 Å². The molecular formula is C20H19ClN4O. The summed E-state index contributed by atoms with van der Waals surface area (Å²) in [4.78, 5) is 8.54. The Bertz CT molecular complexity index is 850. The fourth-order valence-corrected chi connectivity index (χ4v) is 2.33. The zero-order valence-corrected chi connectivity index (χ0v) is 14.9. The molecule has 26 heavy (non-hydrogen) atoms. The predicted molar refractivity (Wildman–Crippen MR) is 106 cm³/mol. The van der Waals surface area contributed by atoms with Crippen LogP contribution >= 0.6 is 11.6 Å². The molecule has 0 bridgehead atoms. The highest BCUT2D eigenvalue weighted by Gasteiger charge is 2.01. The van der Waals surface area contributed by atoms with Crippen LogP contribution in [0.1, 0.15) is 5.56 Å². The van der Waals surface area contributed by atoms with Gasteiger partial charge in [0.05, 0.1) is 0 Å². The van der Waals surface area contributed by atoms with E-state index in [9.17, 15) is 0 Å². The van der Waals surface area contributed by atoms with Crippen molar-refractivity contribution in [3.63, 3.8) is 0 Å². The van der Waals surface area contributed by atoms with Crippen molar-refractivity contribution in [3.05, 3.63) is 84.0 Å². The number of rotatable bonds is 8. The van der Waals surface area contributed by atoms with Crippen LogP contribution in [0.3, 0.4) is 0 Å². The van der Waals surface area contributed by atoms with Gasteiger partial charge in [-0.25, -0.2) is 4.98 Å². The SMILES string of the molecule is C=CCNc1nccc(Nc2ccc(OCc3ccc(Cl)cc3)cc2)n1. The first-order valence-corrected chi connectivity index (χ1v) is 8.53. The Balaban J connectivity index is 1.57. The molecule has 6 heteroatoms. The Morgan fingerprint density at radius 2 is 1.81 bits per heavy atom. The average Bonchev–Trinajstić information content (AvgIpc) is 2.67. The Labute approximate surface area is 157 Å². The van der Waals surface area contributed by atoms with Crippen LogP contribution in [0.5, 0.6) is 5.75 Å². The fraction of sp³-hybridized carbons (Fsp3) is 0.100. The quantitative estimate of drug-likeness (QED) is 0.546. The van der Waals surface area contributed by atoms with E-state index < -0.39 is 0 Å². The van der Waals surface area contributed by atoms with Crippen molar-refractivity contribution in [2.75, 3.05) is 17.2 Å². The van der Waals surface area contributed by atoms with Gasteiger partial charge in [-0.05, 0) is 48.0 Å². The van der Waals surface area contributed by atoms with E-state index in [0.29, 0.717) is 24.9 Å². The lowest BCUT2D eigenvalue weighted by atomic mass is 10.2. The number of benzene rings is 2. The van der Waals surface area contributed by atoms with E-state index >= 15 is 0 Å². The van der Waals surface area contributed by atoms with E-state index in [1.165, 1.54) is 0 Å². The summed E-state index contributed by atoms with van der Waals surface area (Å²) in [5.74, 6) is 2.06. The van der Waals surface area contributed by atoms with Crippen molar-refractivity contribution in [3.8, 4) is 5.75 Å². The van der Waals surface area contributed by atoms with Crippen LogP contribution < -0.4 is 15.4 Å². The van der Waals surface area contributed by atoms with Crippen LogP contribution in [-0.2, 0) is 6.61 Å². The molecular weight excluding hydrogens is 348 g/mol. The first-order valence-electron chi connectivity index (χ1n) is 8.15. The van der Waals surface area contributed by atoms with Gasteiger partial charge in [-0.3, -0.25) is 0 Å². The smallest absolute Gasteiger partial charge is 0.224 e. The predicted octanol–water partition coefficient (Wildman–Crippen LogP) is 5.05. The fourth-order valence-electron chi connectivity index (χ4n) is 2.21. The van der Waals surface area contributed by atoms with Gasteiger partial charge in [0.1, 0.15) is 18.2 Å². The molecule has 0 fully saturated rings. The van der Waals surface area contributed by atoms with Crippen LogP contribution in [0, 0.1) is 0 Å². The van der Waals surface area contributed by atoms with Crippen molar-refractivity contribution >= 4 is 29.1 Å². The third-order valence-corrected chi connectivity index (χ3v) is 3.76. The molecule has 3 rings (SSSR count). The number of ether oxygens (including phenoxy) is 1. The van der Waals surface area contributed by atoms with Gasteiger partial charge in [0.2, 0.25) is 5.95 Å². The molecule has 1 aromatic heterocycles. The van der Waals surface area contributed by atoms with Gasteiger partial charge in [0.15, 0.2) is 0 Å². The van der Waals surface area contributed by atoms with Crippen LogP contribution in [0.2, 0.25) is 5.02 Å². The molecule has 0 atom stereocenters. The molecule has 0 saturated carbocycles. The maximum absolute atomic E-state index is 5.88. The molecule has 3 aromatic rings. The molecule has 0 radical (unpaired) electrons. The van der Waals surface area contributed by atoms with Crippen LogP contribution in [0.4, 0.5) is 17.5 Å². The molecule has 1 heterocycles. The van der Waals surface area contributed by atoms with Gasteiger partial charge in [0, 0.05) is 23.5 Å². The molecule has 0 aliphatic heterocycles. The van der Waals surface area contributed by atoms with Gasteiger partial charge in [-0.2, -0.15) is 4.98 Å². The molecule has 0 unspecified atom stereocenters. The van der Waals surface area contributed by atoms with Crippen molar-refractivity contribution in [2.24, 2.45) is 0 Å². The Kier molecular flexibility index (Phi) is 6.06. The Morgan fingerprint density at radius 1 is 1.04 bits per heavy atom. The molecule has 5 nitrogen and oxygen atoms in total. The zero-order chi connectivity index (χ0) is 18.2. The Morgan fingerprint density at radius 3 is 2.54 bits per heavy atom. The van der Waals surface area contributed by atoms with Crippen LogP contribution in [0.15, 0.2) is 73.4 Å². The average molecular weight is 367 g/mol. The van der Waals surface area contributed by atoms with E-state index in [1.807, 2.05) is 54.6 Å². The highest BCUT2D eigenvalue weighted by molar-refractivity contribution is 6.30. The van der Waals surface area contributed by atoms with E-state index in [2.05, 4.69) is 27.2 Å². The summed E-state index contributed by atoms with van der Waals surface area (Å²) in [6.45, 7) is 4.77. The van der Waals surface area contributed by atoms with E-state index in [0.717, 1.165) is 22.0 Å². The lowest BCUT2D eigenvalue weighted by Crippen LogP contribution is -2.04. The highest BCUT2D eigenvalue weighted by Crippen LogP contribution is 2.20. The summed E-state index contributed by atoms with van der Waals surface area (Å²) in [6.07, 6.45) is 3.45. The maximum Gasteiger partial charge on any atom is 0.224 e. The van der Waals surface area contributed by atoms with Gasteiger partial charge in [-0.1, -0.05) is 29.8 Å². The molecule has 0 spiro atoms. The number of halogens is 1. The van der Waals surface area contributed by atoms with Gasteiger partial charge in [-0.15, -0.1) is 6.58 Å². The van der Waals surface area contributed by atoms with Crippen molar-refractivity contribution in [1.82, 2.24) is 9.97 Å². The third kappa shape index (κ3) is 5.22. The first-order chi connectivity index (χ1) is 12.7. The minimum atomic E-state index is 0.494. The summed E-state index contributed by atoms with van der Waals surface area (Å²) in [6, 6.07) is 17.1. The van der Waals surface area contributed by atoms with E-state index in [4.69, 9.17) is 16.3 Å². The number of nitrogens with one attached hydrogen (secondary N) is 2. The molecule has 0 saturated heterocycles. The molecule has 2 aromatic carbocycles. The second-order valence-corrected chi connectivity index (χ2v) is 5.94. The number of hydrogen-bond donors (Lipinski definition) is 2. The minimum Gasteiger partial charge on any atom is -0.489 e. The second-order valence-electron chi connectivity index (χ2n) is 5.50. The molecule has 0 aliphatic rings. The van der Waals surface area contributed by atoms with Crippen LogP contribution in [0.25, 0.3) is 0 Å². The minimum absolute atomic E-state index is 0.494. The topological polar surface area (TPSA) is 59.1 Å². The number of nitrogens with zero attached hydrogens (tertiary/aromatic N) is 2. The van der Waals surface area contributed by atoms with Crippen molar-refractivity contribution in [2.45, 2.75) is 6.61 Å². The molecule has 0 amide bonds. The molecule has 0 aliphatic carbocycles. The highest BCUT2D eigenvalue weighted by atomic mass is 35.5. The van der Waals surface area contributed by atoms with Crippen molar-refractivity contribution < 1.29 is 4.74 Å². The summed E-state index contributed by atoms with van der Waals surface area (Å²) in [5.41, 5.74) is 1.98. The number of aromatic nitrogens is 2. The van der Waals surface area contributed by atoms with Gasteiger partial charge >= 0.3 is 0 Å². The maximum atomic E-state index is 5.88. The third-order valence-electron chi connectivity index (χ3n) is 3.51. The van der Waals surface area contributed by atoms with Crippen molar-refractivity contribution in [1.29, 1.82) is 0 Å². The lowest BCUT2D eigenvalue weighted by Gasteiger charge is -2.09. The number of anilines is 3. The summed E-state index contributed by atoms with van der Waals surface area (Å²) >= 11 is 5.88. The number of hydrogen-bond acceptors (Lipinski definition) is 5. The summed E-state index contributed by atoms with van der Waals surface area (Å²) in [5, 5.41) is 7.02. The summed E-state index contributed by atoms with van der Waals surface area (Å²) < 4.78 is 5.78. The van der Waals surface area contributed by atoms with Crippen LogP contribution in [-0.4, -0.2) is 16.5 Å². The normalized spacial score (nSPS) is 10.2. The summed E-state index contributed by atoms with van der Waals surface area (Å²) in [7, 11) is 0. The molecule has 132 valence electrons. The Hall–Kier alpha value is -3.05. The second kappa shape index (κ2) is 8.87. The van der Waals surface area contributed by atoms with E-state index in [1.54, 1.807) is 12.3 Å². The monoisotopic (exact) mass is 366 g/mol. The van der Waals surface area contributed by atoms with Gasteiger partial charge in [0.25, 0.3) is 0 Å². The molecule has 2 N–H and O–H groups in total. The lowest BCUT2D eigenvalue weighted by molar-refractivity contribution is 0.306. The standard InChI is InChI=1S/C20H19ClN4O/c1-2-12-22-20-23-13-11-19(25-20)24-17-7-9-18(10-8-17)26-14-15-3-5-16(21)6-4-15/h2-11,13H,1,12,14H2,(H2,22,23,24,25).